The highest BCUT2D eigenvalue weighted by Gasteiger charge is 2.37. The van der Waals surface area contributed by atoms with Gasteiger partial charge < -0.3 is 5.73 Å². The van der Waals surface area contributed by atoms with Gasteiger partial charge in [-0.2, -0.15) is 4.31 Å². The van der Waals surface area contributed by atoms with Crippen LogP contribution in [0.2, 0.25) is 0 Å². The number of nitrogens with two attached hydrogens (primary N) is 1. The number of anilines is 1. The van der Waals surface area contributed by atoms with E-state index in [2.05, 4.69) is 0 Å². The van der Waals surface area contributed by atoms with E-state index in [1.165, 1.54) is 10.4 Å². The van der Waals surface area contributed by atoms with Crippen LogP contribution in [0.4, 0.5) is 5.69 Å². The maximum Gasteiger partial charge on any atom is 0.245 e. The van der Waals surface area contributed by atoms with Crippen molar-refractivity contribution in [3.8, 4) is 0 Å². The van der Waals surface area contributed by atoms with E-state index in [-0.39, 0.29) is 28.6 Å². The SMILES string of the molecule is Cc1ccc(S(=O)(=O)N2CCS(=O)(=O)CC2C)c(N)c1. The second-order valence-corrected chi connectivity index (χ2v) is 9.21. The first-order chi connectivity index (χ1) is 9.13. The van der Waals surface area contributed by atoms with Crippen LogP contribution in [0.15, 0.2) is 23.1 Å². The van der Waals surface area contributed by atoms with Crippen molar-refractivity contribution in [2.24, 2.45) is 0 Å². The lowest BCUT2D eigenvalue weighted by atomic mass is 10.2. The van der Waals surface area contributed by atoms with Crippen LogP contribution < -0.4 is 5.73 Å². The fraction of sp³-hybridized carbons (Fsp3) is 0.500. The summed E-state index contributed by atoms with van der Waals surface area (Å²) in [5.74, 6) is -0.305. The van der Waals surface area contributed by atoms with Gasteiger partial charge in [0.05, 0.1) is 17.2 Å². The van der Waals surface area contributed by atoms with Crippen LogP contribution in [-0.2, 0) is 19.9 Å². The summed E-state index contributed by atoms with van der Waals surface area (Å²) in [6.07, 6.45) is 0. The molecular formula is C12H18N2O4S2. The van der Waals surface area contributed by atoms with E-state index in [4.69, 9.17) is 5.73 Å². The molecule has 6 nitrogen and oxygen atoms in total. The zero-order chi connectivity index (χ0) is 15.1. The molecule has 2 rings (SSSR count). The number of nitrogen functional groups attached to an aromatic ring is 1. The molecule has 0 amide bonds. The summed E-state index contributed by atoms with van der Waals surface area (Å²) < 4.78 is 49.5. The molecule has 0 aliphatic carbocycles. The molecule has 2 N–H and O–H groups in total. The highest BCUT2D eigenvalue weighted by atomic mass is 32.2. The van der Waals surface area contributed by atoms with Crippen molar-refractivity contribution in [1.82, 2.24) is 4.31 Å². The van der Waals surface area contributed by atoms with Crippen LogP contribution in [0, 0.1) is 6.92 Å². The van der Waals surface area contributed by atoms with Crippen LogP contribution in [0.25, 0.3) is 0 Å². The molecule has 8 heteroatoms. The number of nitrogens with zero attached hydrogens (tertiary/aromatic N) is 1. The van der Waals surface area contributed by atoms with Gasteiger partial charge in [-0.15, -0.1) is 0 Å². The van der Waals surface area contributed by atoms with E-state index in [1.807, 2.05) is 6.92 Å². The molecule has 1 heterocycles. The van der Waals surface area contributed by atoms with Crippen molar-refractivity contribution in [2.75, 3.05) is 23.8 Å². The highest BCUT2D eigenvalue weighted by molar-refractivity contribution is 7.92. The molecule has 1 aromatic rings. The first kappa shape index (κ1) is 15.3. The highest BCUT2D eigenvalue weighted by Crippen LogP contribution is 2.26. The van der Waals surface area contributed by atoms with Crippen LogP contribution in [0.5, 0.6) is 0 Å². The summed E-state index contributed by atoms with van der Waals surface area (Å²) in [5, 5.41) is 0. The predicted octanol–water partition coefficient (Wildman–Crippen LogP) is 0.385. The Bertz CT molecular complexity index is 726. The number of sulfone groups is 1. The molecule has 1 unspecified atom stereocenters. The van der Waals surface area contributed by atoms with Gasteiger partial charge in [-0.05, 0) is 31.5 Å². The fourth-order valence-electron chi connectivity index (χ4n) is 2.37. The zero-order valence-corrected chi connectivity index (χ0v) is 13.0. The molecule has 0 radical (unpaired) electrons. The third-order valence-corrected chi connectivity index (χ3v) is 7.24. The first-order valence-electron chi connectivity index (χ1n) is 6.22. The lowest BCUT2D eigenvalue weighted by molar-refractivity contribution is 0.357. The van der Waals surface area contributed by atoms with Gasteiger partial charge >= 0.3 is 0 Å². The van der Waals surface area contributed by atoms with E-state index in [0.29, 0.717) is 0 Å². The quantitative estimate of drug-likeness (QED) is 0.795. The molecule has 1 saturated heterocycles. The van der Waals surface area contributed by atoms with E-state index >= 15 is 0 Å². The molecule has 0 aromatic heterocycles. The number of aryl methyl sites for hydroxylation is 1. The molecular weight excluding hydrogens is 300 g/mol. The van der Waals surface area contributed by atoms with Crippen LogP contribution in [0.3, 0.4) is 0 Å². The Morgan fingerprint density at radius 1 is 1.35 bits per heavy atom. The second kappa shape index (κ2) is 5.01. The van der Waals surface area contributed by atoms with Gasteiger partial charge in [0.15, 0.2) is 9.84 Å². The number of hydrogen-bond donors (Lipinski definition) is 1. The summed E-state index contributed by atoms with van der Waals surface area (Å²) >= 11 is 0. The molecule has 0 spiro atoms. The Kier molecular flexibility index (Phi) is 3.83. The summed E-state index contributed by atoms with van der Waals surface area (Å²) in [6, 6.07) is 4.15. The Hall–Kier alpha value is -1.12. The van der Waals surface area contributed by atoms with Crippen molar-refractivity contribution in [1.29, 1.82) is 0 Å². The average Bonchev–Trinajstić information content (AvgIpc) is 2.26. The normalized spacial score (nSPS) is 23.6. The molecule has 1 fully saturated rings. The number of sulfonamides is 1. The van der Waals surface area contributed by atoms with Gasteiger partial charge in [-0.25, -0.2) is 16.8 Å². The largest absolute Gasteiger partial charge is 0.398 e. The van der Waals surface area contributed by atoms with Gasteiger partial charge in [-0.1, -0.05) is 6.07 Å². The second-order valence-electron chi connectivity index (χ2n) is 5.12. The third kappa shape index (κ3) is 2.82. The third-order valence-electron chi connectivity index (χ3n) is 3.36. The molecule has 0 saturated carbocycles. The first-order valence-corrected chi connectivity index (χ1v) is 9.48. The zero-order valence-electron chi connectivity index (χ0n) is 11.4. The van der Waals surface area contributed by atoms with Crippen molar-refractivity contribution >= 4 is 25.5 Å². The Morgan fingerprint density at radius 2 is 2.00 bits per heavy atom. The van der Waals surface area contributed by atoms with Crippen molar-refractivity contribution in [3.63, 3.8) is 0 Å². The monoisotopic (exact) mass is 318 g/mol. The van der Waals surface area contributed by atoms with Gasteiger partial charge in [0.2, 0.25) is 10.0 Å². The molecule has 112 valence electrons. The van der Waals surface area contributed by atoms with E-state index in [9.17, 15) is 16.8 Å². The van der Waals surface area contributed by atoms with Crippen molar-refractivity contribution < 1.29 is 16.8 Å². The van der Waals surface area contributed by atoms with Crippen LogP contribution >= 0.6 is 0 Å². The minimum Gasteiger partial charge on any atom is -0.398 e. The van der Waals surface area contributed by atoms with E-state index < -0.39 is 25.9 Å². The summed E-state index contributed by atoms with van der Waals surface area (Å²) in [7, 11) is -6.93. The van der Waals surface area contributed by atoms with Gasteiger partial charge in [0, 0.05) is 12.6 Å². The van der Waals surface area contributed by atoms with Gasteiger partial charge in [-0.3, -0.25) is 0 Å². The topological polar surface area (TPSA) is 97.5 Å². The average molecular weight is 318 g/mol. The Labute approximate surface area is 119 Å². The Balaban J connectivity index is 2.41. The standard InChI is InChI=1S/C12H18N2O4S2/c1-9-3-4-12(11(13)7-9)20(17,18)14-5-6-19(15,16)8-10(14)2/h3-4,7,10H,5-6,8,13H2,1-2H3. The van der Waals surface area contributed by atoms with Gasteiger partial charge in [0.25, 0.3) is 0 Å². The van der Waals surface area contributed by atoms with E-state index in [0.717, 1.165) is 5.56 Å². The molecule has 20 heavy (non-hydrogen) atoms. The molecule has 1 aromatic carbocycles. The molecule has 1 atom stereocenters. The lowest BCUT2D eigenvalue weighted by Gasteiger charge is -2.32. The predicted molar refractivity (Wildman–Crippen MR) is 77.6 cm³/mol. The summed E-state index contributed by atoms with van der Waals surface area (Å²) in [4.78, 5) is 0.0363. The lowest BCUT2D eigenvalue weighted by Crippen LogP contribution is -2.49. The molecule has 1 aliphatic heterocycles. The fourth-order valence-corrected chi connectivity index (χ4v) is 5.87. The van der Waals surface area contributed by atoms with Crippen molar-refractivity contribution in [2.45, 2.75) is 24.8 Å². The number of benzene rings is 1. The Morgan fingerprint density at radius 3 is 2.55 bits per heavy atom. The van der Waals surface area contributed by atoms with Gasteiger partial charge in [0.1, 0.15) is 4.90 Å². The van der Waals surface area contributed by atoms with Crippen molar-refractivity contribution in [3.05, 3.63) is 23.8 Å². The maximum absolute atomic E-state index is 12.6. The van der Waals surface area contributed by atoms with Crippen LogP contribution in [0.1, 0.15) is 12.5 Å². The summed E-state index contributed by atoms with van der Waals surface area (Å²) in [5.41, 5.74) is 6.85. The molecule has 0 bridgehead atoms. The minimum atomic E-state index is -3.76. The minimum absolute atomic E-state index is 0.0286. The number of rotatable bonds is 2. The van der Waals surface area contributed by atoms with E-state index in [1.54, 1.807) is 19.1 Å². The smallest absolute Gasteiger partial charge is 0.245 e. The number of hydrogen-bond acceptors (Lipinski definition) is 5. The van der Waals surface area contributed by atoms with Crippen LogP contribution in [-0.4, -0.2) is 45.2 Å². The summed E-state index contributed by atoms with van der Waals surface area (Å²) in [6.45, 7) is 3.39. The molecule has 1 aliphatic rings. The maximum atomic E-state index is 12.6.